The van der Waals surface area contributed by atoms with E-state index in [2.05, 4.69) is 20.8 Å². The highest BCUT2D eigenvalue weighted by Gasteiger charge is 2.20. The van der Waals surface area contributed by atoms with Crippen LogP contribution in [-0.2, 0) is 4.79 Å². The Morgan fingerprint density at radius 3 is 2.57 bits per heavy atom. The monoisotopic (exact) mass is 392 g/mol. The van der Waals surface area contributed by atoms with Gasteiger partial charge in [0, 0.05) is 10.9 Å². The van der Waals surface area contributed by atoms with Gasteiger partial charge in [0.1, 0.15) is 22.5 Å². The van der Waals surface area contributed by atoms with Crippen molar-refractivity contribution in [1.82, 2.24) is 20.8 Å². The van der Waals surface area contributed by atoms with E-state index in [1.54, 1.807) is 31.2 Å². The molecule has 2 heterocycles. The summed E-state index contributed by atoms with van der Waals surface area (Å²) in [7, 11) is 0. The first-order valence-electron chi connectivity index (χ1n) is 8.57. The highest BCUT2D eigenvalue weighted by atomic mass is 32.2. The minimum atomic E-state index is -0.512. The van der Waals surface area contributed by atoms with E-state index < -0.39 is 5.25 Å². The van der Waals surface area contributed by atoms with Crippen LogP contribution in [0.3, 0.4) is 0 Å². The van der Waals surface area contributed by atoms with Crippen LogP contribution in [0.25, 0.3) is 22.1 Å². The number of nitrogens with one attached hydrogen (secondary N) is 2. The fraction of sp³-hybridized carbons (Fsp3) is 0.100. The van der Waals surface area contributed by atoms with E-state index in [0.29, 0.717) is 27.3 Å². The number of para-hydroxylation sites is 1. The number of aromatic nitrogens is 2. The lowest BCUT2D eigenvalue weighted by atomic mass is 10.2. The van der Waals surface area contributed by atoms with Crippen LogP contribution >= 0.6 is 11.8 Å². The Labute approximate surface area is 164 Å². The van der Waals surface area contributed by atoms with Crippen molar-refractivity contribution in [2.75, 3.05) is 0 Å². The van der Waals surface area contributed by atoms with Crippen LogP contribution in [0, 0.1) is 0 Å². The molecule has 0 saturated heterocycles. The molecule has 0 radical (unpaired) electrons. The maximum Gasteiger partial charge on any atom is 0.269 e. The molecule has 0 aliphatic heterocycles. The van der Waals surface area contributed by atoms with Crippen molar-refractivity contribution in [1.29, 1.82) is 0 Å². The number of benzene rings is 2. The average molecular weight is 392 g/mol. The highest BCUT2D eigenvalue weighted by Crippen LogP contribution is 2.33. The molecule has 2 aromatic carbocycles. The molecule has 0 bridgehead atoms. The van der Waals surface area contributed by atoms with Gasteiger partial charge in [0.25, 0.3) is 11.8 Å². The summed E-state index contributed by atoms with van der Waals surface area (Å²) in [6.07, 6.45) is 1.45. The van der Waals surface area contributed by atoms with E-state index in [1.165, 1.54) is 18.1 Å². The number of thioether (sulfide) groups is 1. The Morgan fingerprint density at radius 1 is 1.00 bits per heavy atom. The second-order valence-corrected chi connectivity index (χ2v) is 7.35. The van der Waals surface area contributed by atoms with E-state index in [-0.39, 0.29) is 11.8 Å². The van der Waals surface area contributed by atoms with Crippen LogP contribution in [0.15, 0.2) is 70.4 Å². The smallest absolute Gasteiger partial charge is 0.269 e. The first-order chi connectivity index (χ1) is 13.6. The number of carbonyl (C=O) groups excluding carboxylic acids is 2. The van der Waals surface area contributed by atoms with Crippen LogP contribution in [0.4, 0.5) is 0 Å². The van der Waals surface area contributed by atoms with Gasteiger partial charge in [0.2, 0.25) is 0 Å². The molecule has 7 nitrogen and oxygen atoms in total. The molecule has 4 aromatic rings. The number of hydrogen-bond donors (Lipinski definition) is 2. The third-order valence-corrected chi connectivity index (χ3v) is 5.20. The van der Waals surface area contributed by atoms with Gasteiger partial charge in [-0.05, 0) is 31.2 Å². The fourth-order valence-electron chi connectivity index (χ4n) is 2.69. The van der Waals surface area contributed by atoms with Crippen molar-refractivity contribution in [2.24, 2.45) is 0 Å². The predicted octanol–water partition coefficient (Wildman–Crippen LogP) is 3.32. The average Bonchev–Trinajstić information content (AvgIpc) is 3.12. The van der Waals surface area contributed by atoms with Crippen molar-refractivity contribution in [3.8, 4) is 0 Å². The molecule has 8 heteroatoms. The summed E-state index contributed by atoms with van der Waals surface area (Å²) in [6, 6.07) is 16.2. The minimum absolute atomic E-state index is 0.350. The normalized spacial score (nSPS) is 12.0. The van der Waals surface area contributed by atoms with Gasteiger partial charge in [-0.25, -0.2) is 9.97 Å². The molecule has 28 heavy (non-hydrogen) atoms. The van der Waals surface area contributed by atoms with E-state index in [4.69, 9.17) is 4.42 Å². The van der Waals surface area contributed by atoms with Crippen LogP contribution in [-0.4, -0.2) is 27.0 Å². The zero-order valence-electron chi connectivity index (χ0n) is 14.9. The van der Waals surface area contributed by atoms with Gasteiger partial charge in [-0.1, -0.05) is 42.1 Å². The molecule has 2 aromatic heterocycles. The zero-order chi connectivity index (χ0) is 19.5. The third kappa shape index (κ3) is 3.54. The van der Waals surface area contributed by atoms with Gasteiger partial charge >= 0.3 is 0 Å². The Morgan fingerprint density at radius 2 is 1.75 bits per heavy atom. The molecular weight excluding hydrogens is 376 g/mol. The molecule has 0 saturated carbocycles. The number of rotatable bonds is 4. The summed E-state index contributed by atoms with van der Waals surface area (Å²) in [5.41, 5.74) is 7.28. The van der Waals surface area contributed by atoms with Crippen LogP contribution in [0.5, 0.6) is 0 Å². The van der Waals surface area contributed by atoms with Gasteiger partial charge in [-0.2, -0.15) is 0 Å². The molecule has 4 rings (SSSR count). The number of furan rings is 1. The number of hydrazine groups is 1. The van der Waals surface area contributed by atoms with Gasteiger partial charge in [0.05, 0.1) is 5.25 Å². The number of hydrogen-bond acceptors (Lipinski definition) is 6. The lowest BCUT2D eigenvalue weighted by Gasteiger charge is -2.12. The summed E-state index contributed by atoms with van der Waals surface area (Å²) >= 11 is 1.24. The second kappa shape index (κ2) is 7.69. The van der Waals surface area contributed by atoms with Gasteiger partial charge in [-0.15, -0.1) is 0 Å². The Hall–Kier alpha value is -3.39. The lowest BCUT2D eigenvalue weighted by Crippen LogP contribution is -2.44. The maximum absolute atomic E-state index is 12.4. The van der Waals surface area contributed by atoms with E-state index in [1.807, 2.05) is 30.3 Å². The lowest BCUT2D eigenvalue weighted by molar-refractivity contribution is -0.121. The topological polar surface area (TPSA) is 97.1 Å². The fourth-order valence-corrected chi connectivity index (χ4v) is 3.54. The Balaban J connectivity index is 1.46. The number of amides is 2. The third-order valence-electron chi connectivity index (χ3n) is 4.12. The molecule has 0 aliphatic rings. The molecule has 2 amide bonds. The van der Waals surface area contributed by atoms with Crippen LogP contribution in [0.1, 0.15) is 17.3 Å². The van der Waals surface area contributed by atoms with Crippen molar-refractivity contribution in [3.63, 3.8) is 0 Å². The molecule has 0 aliphatic carbocycles. The molecule has 1 atom stereocenters. The predicted molar refractivity (Wildman–Crippen MR) is 107 cm³/mol. The summed E-state index contributed by atoms with van der Waals surface area (Å²) in [5, 5.41) is 0.953. The van der Waals surface area contributed by atoms with Crippen molar-refractivity contribution in [2.45, 2.75) is 17.2 Å². The van der Waals surface area contributed by atoms with Crippen LogP contribution in [0.2, 0.25) is 0 Å². The first kappa shape index (κ1) is 18.0. The van der Waals surface area contributed by atoms with Crippen molar-refractivity contribution >= 4 is 45.6 Å². The van der Waals surface area contributed by atoms with Gasteiger partial charge in [0.15, 0.2) is 5.58 Å². The number of nitrogens with zero attached hydrogens (tertiary/aromatic N) is 2. The first-order valence-corrected chi connectivity index (χ1v) is 9.45. The minimum Gasteiger partial charge on any atom is -0.451 e. The molecular formula is C20H16N4O3S. The second-order valence-electron chi connectivity index (χ2n) is 6.02. The summed E-state index contributed by atoms with van der Waals surface area (Å²) in [6.45, 7) is 1.73. The molecule has 140 valence electrons. The molecule has 2 N–H and O–H groups in total. The van der Waals surface area contributed by atoms with E-state index in [9.17, 15) is 9.59 Å². The van der Waals surface area contributed by atoms with Gasteiger partial charge < -0.3 is 4.42 Å². The maximum atomic E-state index is 12.4. The summed E-state index contributed by atoms with van der Waals surface area (Å²) < 4.78 is 5.87. The standard InChI is InChI=1S/C20H16N4O3S/c1-12(18(25)23-24-19(26)13-7-3-2-4-8-13)28-20-17-16(21-11-22-20)14-9-5-6-10-15(14)27-17/h2-12H,1H3,(H,23,25)(H,24,26)/t12-/m0/s1. The Bertz CT molecular complexity index is 1160. The highest BCUT2D eigenvalue weighted by molar-refractivity contribution is 8.00. The van der Waals surface area contributed by atoms with Gasteiger partial charge in [-0.3, -0.25) is 20.4 Å². The van der Waals surface area contributed by atoms with Crippen molar-refractivity contribution in [3.05, 3.63) is 66.5 Å². The molecule has 0 fully saturated rings. The number of fused-ring (bicyclic) bond motifs is 3. The quantitative estimate of drug-likeness (QED) is 0.314. The summed E-state index contributed by atoms with van der Waals surface area (Å²) in [4.78, 5) is 33.0. The largest absolute Gasteiger partial charge is 0.451 e. The molecule has 0 spiro atoms. The van der Waals surface area contributed by atoms with Crippen molar-refractivity contribution < 1.29 is 14.0 Å². The SMILES string of the molecule is C[C@H](Sc1ncnc2c1oc1ccccc12)C(=O)NNC(=O)c1ccccc1. The van der Waals surface area contributed by atoms with E-state index in [0.717, 1.165) is 5.39 Å². The van der Waals surface area contributed by atoms with E-state index >= 15 is 0 Å². The number of carbonyl (C=O) groups is 2. The van der Waals surface area contributed by atoms with Crippen LogP contribution < -0.4 is 10.9 Å². The Kier molecular flexibility index (Phi) is 4.94. The molecule has 0 unspecified atom stereocenters. The zero-order valence-corrected chi connectivity index (χ0v) is 15.7. The summed E-state index contributed by atoms with van der Waals surface area (Å²) in [5.74, 6) is -0.731.